The number of nitrogens with zero attached hydrogens (tertiary/aromatic N) is 2. The smallest absolute Gasteiger partial charge is 0.269 e. The van der Waals surface area contributed by atoms with Gasteiger partial charge in [0.2, 0.25) is 5.91 Å². The number of nitrogens with one attached hydrogen (secondary N) is 1. The van der Waals surface area contributed by atoms with Gasteiger partial charge in [0.25, 0.3) is 5.56 Å². The summed E-state index contributed by atoms with van der Waals surface area (Å²) in [6, 6.07) is 9.63. The van der Waals surface area contributed by atoms with E-state index in [1.807, 2.05) is 30.3 Å². The van der Waals surface area contributed by atoms with Crippen LogP contribution >= 0.6 is 0 Å². The molecule has 1 N–H and O–H groups in total. The Balaban J connectivity index is 1.40. The van der Waals surface area contributed by atoms with Gasteiger partial charge in [0.05, 0.1) is 11.9 Å². The van der Waals surface area contributed by atoms with Gasteiger partial charge in [-0.15, -0.1) is 0 Å². The molecule has 1 fully saturated rings. The Kier molecular flexibility index (Phi) is 4.22. The normalized spacial score (nSPS) is 23.8. The van der Waals surface area contributed by atoms with Gasteiger partial charge in [-0.2, -0.15) is 0 Å². The van der Waals surface area contributed by atoms with E-state index in [2.05, 4.69) is 22.5 Å². The SMILES string of the molecule is O=C(Cn1cc(-c2ccccc2)ncc1=O)NCC1CC2C=CC1C2. The van der Waals surface area contributed by atoms with E-state index in [1.165, 1.54) is 17.2 Å². The van der Waals surface area contributed by atoms with E-state index < -0.39 is 0 Å². The van der Waals surface area contributed by atoms with Crippen molar-refractivity contribution >= 4 is 5.91 Å². The van der Waals surface area contributed by atoms with Gasteiger partial charge in [-0.05, 0) is 30.6 Å². The molecule has 1 amide bonds. The molecule has 1 heterocycles. The Morgan fingerprint density at radius 3 is 2.76 bits per heavy atom. The maximum Gasteiger partial charge on any atom is 0.269 e. The summed E-state index contributed by atoms with van der Waals surface area (Å²) in [5.74, 6) is 1.72. The first-order chi connectivity index (χ1) is 12.2. The number of aromatic nitrogens is 2. The number of amides is 1. The first-order valence-electron chi connectivity index (χ1n) is 8.76. The lowest BCUT2D eigenvalue weighted by Crippen LogP contribution is -2.35. The summed E-state index contributed by atoms with van der Waals surface area (Å²) < 4.78 is 1.42. The monoisotopic (exact) mass is 335 g/mol. The van der Waals surface area contributed by atoms with Gasteiger partial charge in [0.1, 0.15) is 6.54 Å². The lowest BCUT2D eigenvalue weighted by atomic mass is 9.94. The Hall–Kier alpha value is -2.69. The molecule has 3 unspecified atom stereocenters. The predicted molar refractivity (Wildman–Crippen MR) is 95.8 cm³/mol. The van der Waals surface area contributed by atoms with Crippen molar-refractivity contribution in [3.05, 3.63) is 65.2 Å². The number of hydrogen-bond donors (Lipinski definition) is 1. The quantitative estimate of drug-likeness (QED) is 0.852. The summed E-state index contributed by atoms with van der Waals surface area (Å²) in [6.07, 6.45) is 9.89. The molecule has 2 aliphatic carbocycles. The second kappa shape index (κ2) is 6.67. The molecule has 0 spiro atoms. The maximum atomic E-state index is 12.3. The van der Waals surface area contributed by atoms with Gasteiger partial charge in [-0.3, -0.25) is 9.59 Å². The fraction of sp³-hybridized carbons (Fsp3) is 0.350. The average molecular weight is 335 g/mol. The molecular formula is C20H21N3O2. The molecule has 1 saturated carbocycles. The molecule has 0 radical (unpaired) electrons. The van der Waals surface area contributed by atoms with Gasteiger partial charge < -0.3 is 9.88 Å². The second-order valence-corrected chi connectivity index (χ2v) is 6.95. The summed E-state index contributed by atoms with van der Waals surface area (Å²) in [5, 5.41) is 2.99. The zero-order valence-electron chi connectivity index (χ0n) is 14.0. The maximum absolute atomic E-state index is 12.3. The van der Waals surface area contributed by atoms with Gasteiger partial charge in [0.15, 0.2) is 0 Å². The summed E-state index contributed by atoms with van der Waals surface area (Å²) in [4.78, 5) is 28.5. The topological polar surface area (TPSA) is 64.0 Å². The van der Waals surface area contributed by atoms with Gasteiger partial charge in [-0.1, -0.05) is 42.5 Å². The van der Waals surface area contributed by atoms with Crippen molar-refractivity contribution in [2.75, 3.05) is 6.54 Å². The molecule has 25 heavy (non-hydrogen) atoms. The average Bonchev–Trinajstić information content (AvgIpc) is 3.26. The zero-order chi connectivity index (χ0) is 17.2. The van der Waals surface area contributed by atoms with E-state index in [0.717, 1.165) is 12.0 Å². The minimum Gasteiger partial charge on any atom is -0.354 e. The van der Waals surface area contributed by atoms with Crippen molar-refractivity contribution in [2.24, 2.45) is 17.8 Å². The highest BCUT2D eigenvalue weighted by molar-refractivity contribution is 5.75. The van der Waals surface area contributed by atoms with Crippen LogP contribution < -0.4 is 10.9 Å². The molecule has 4 rings (SSSR count). The van der Waals surface area contributed by atoms with Crippen LogP contribution in [0.3, 0.4) is 0 Å². The standard InChI is InChI=1S/C20H21N3O2/c24-19(22-10-17-9-14-6-7-16(17)8-14)13-23-12-18(21-11-20(23)25)15-4-2-1-3-5-15/h1-7,11-12,14,16-17H,8-10,13H2,(H,22,24). The molecule has 5 heteroatoms. The van der Waals surface area contributed by atoms with Crippen LogP contribution in [-0.4, -0.2) is 22.0 Å². The molecular weight excluding hydrogens is 314 g/mol. The number of benzene rings is 1. The number of carbonyl (C=O) groups excluding carboxylic acids is 1. The van der Waals surface area contributed by atoms with Gasteiger partial charge in [-0.25, -0.2) is 4.98 Å². The summed E-state index contributed by atoms with van der Waals surface area (Å²) >= 11 is 0. The van der Waals surface area contributed by atoms with E-state index in [1.54, 1.807) is 6.20 Å². The van der Waals surface area contributed by atoms with E-state index in [0.29, 0.717) is 30.0 Å². The Bertz CT molecular complexity index is 857. The third kappa shape index (κ3) is 3.40. The van der Waals surface area contributed by atoms with E-state index in [4.69, 9.17) is 0 Å². The minimum atomic E-state index is -0.266. The Morgan fingerprint density at radius 2 is 2.04 bits per heavy atom. The van der Waals surface area contributed by atoms with Crippen molar-refractivity contribution in [1.29, 1.82) is 0 Å². The van der Waals surface area contributed by atoms with Crippen LogP contribution in [0.15, 0.2) is 59.7 Å². The number of carbonyl (C=O) groups is 1. The number of rotatable bonds is 5. The molecule has 2 aromatic rings. The third-order valence-corrected chi connectivity index (χ3v) is 5.24. The molecule has 2 bridgehead atoms. The number of allylic oxidation sites excluding steroid dienone is 2. The highest BCUT2D eigenvalue weighted by atomic mass is 16.2. The summed E-state index contributed by atoms with van der Waals surface area (Å²) in [5.41, 5.74) is 1.34. The summed E-state index contributed by atoms with van der Waals surface area (Å²) in [6.45, 7) is 0.716. The largest absolute Gasteiger partial charge is 0.354 e. The predicted octanol–water partition coefficient (Wildman–Crippen LogP) is 2.24. The van der Waals surface area contributed by atoms with Crippen molar-refractivity contribution in [3.63, 3.8) is 0 Å². The van der Waals surface area contributed by atoms with Gasteiger partial charge >= 0.3 is 0 Å². The fourth-order valence-electron chi connectivity index (χ4n) is 3.91. The second-order valence-electron chi connectivity index (χ2n) is 6.95. The van der Waals surface area contributed by atoms with E-state index >= 15 is 0 Å². The molecule has 0 saturated heterocycles. The van der Waals surface area contributed by atoms with E-state index in [9.17, 15) is 9.59 Å². The molecule has 5 nitrogen and oxygen atoms in total. The van der Waals surface area contributed by atoms with Crippen LogP contribution in [0.5, 0.6) is 0 Å². The van der Waals surface area contributed by atoms with Crippen LogP contribution in [0.2, 0.25) is 0 Å². The van der Waals surface area contributed by atoms with Gasteiger partial charge in [0, 0.05) is 18.3 Å². The van der Waals surface area contributed by atoms with Crippen molar-refractivity contribution < 1.29 is 4.79 Å². The van der Waals surface area contributed by atoms with Crippen LogP contribution in [0.1, 0.15) is 12.8 Å². The van der Waals surface area contributed by atoms with Crippen molar-refractivity contribution in [3.8, 4) is 11.3 Å². The van der Waals surface area contributed by atoms with Crippen LogP contribution in [0.25, 0.3) is 11.3 Å². The molecule has 3 atom stereocenters. The van der Waals surface area contributed by atoms with Crippen molar-refractivity contribution in [1.82, 2.24) is 14.9 Å². The first kappa shape index (κ1) is 15.8. The molecule has 128 valence electrons. The number of hydrogen-bond acceptors (Lipinski definition) is 3. The van der Waals surface area contributed by atoms with Crippen molar-refractivity contribution in [2.45, 2.75) is 19.4 Å². The minimum absolute atomic E-state index is 0.0256. The highest BCUT2D eigenvalue weighted by Gasteiger charge is 2.35. The fourth-order valence-corrected chi connectivity index (χ4v) is 3.91. The van der Waals surface area contributed by atoms with Crippen LogP contribution in [-0.2, 0) is 11.3 Å². The molecule has 0 aliphatic heterocycles. The third-order valence-electron chi connectivity index (χ3n) is 5.24. The number of fused-ring (bicyclic) bond motifs is 2. The zero-order valence-corrected chi connectivity index (χ0v) is 14.0. The Morgan fingerprint density at radius 1 is 1.20 bits per heavy atom. The lowest BCUT2D eigenvalue weighted by molar-refractivity contribution is -0.121. The lowest BCUT2D eigenvalue weighted by Gasteiger charge is -2.18. The summed E-state index contributed by atoms with van der Waals surface area (Å²) in [7, 11) is 0. The highest BCUT2D eigenvalue weighted by Crippen LogP contribution is 2.42. The first-order valence-corrected chi connectivity index (χ1v) is 8.76. The van der Waals surface area contributed by atoms with E-state index in [-0.39, 0.29) is 18.0 Å². The van der Waals surface area contributed by atoms with Crippen LogP contribution in [0.4, 0.5) is 0 Å². The molecule has 1 aromatic heterocycles. The molecule has 1 aromatic carbocycles. The Labute approximate surface area is 146 Å². The molecule has 2 aliphatic rings. The van der Waals surface area contributed by atoms with Crippen LogP contribution in [0, 0.1) is 17.8 Å².